The smallest absolute Gasteiger partial charge is 0.264 e. The Morgan fingerprint density at radius 1 is 0.889 bits per heavy atom. The van der Waals surface area contributed by atoms with Crippen LogP contribution < -0.4 is 9.62 Å². The van der Waals surface area contributed by atoms with Crippen molar-refractivity contribution in [2.45, 2.75) is 50.2 Å². The summed E-state index contributed by atoms with van der Waals surface area (Å²) < 4.78 is 42.6. The molecule has 0 aliphatic rings. The van der Waals surface area contributed by atoms with Gasteiger partial charge in [-0.25, -0.2) is 12.8 Å². The summed E-state index contributed by atoms with van der Waals surface area (Å²) in [5.74, 6) is -1.63. The molecule has 4 rings (SSSR count). The number of anilines is 1. The molecule has 236 valence electrons. The van der Waals surface area contributed by atoms with Gasteiger partial charge in [-0.3, -0.25) is 13.9 Å². The number of carbonyl (C=O) groups is 2. The van der Waals surface area contributed by atoms with E-state index in [9.17, 15) is 22.4 Å². The van der Waals surface area contributed by atoms with Gasteiger partial charge in [-0.2, -0.15) is 0 Å². The van der Waals surface area contributed by atoms with E-state index in [2.05, 4.69) is 5.32 Å². The van der Waals surface area contributed by atoms with Crippen molar-refractivity contribution in [1.29, 1.82) is 0 Å². The lowest BCUT2D eigenvalue weighted by Gasteiger charge is -2.34. The van der Waals surface area contributed by atoms with Crippen LogP contribution in [0.25, 0.3) is 0 Å². The molecule has 0 bridgehead atoms. The highest BCUT2D eigenvalue weighted by atomic mass is 35.5. The van der Waals surface area contributed by atoms with Crippen LogP contribution in [-0.2, 0) is 32.6 Å². The molecule has 0 fully saturated rings. The van der Waals surface area contributed by atoms with Gasteiger partial charge in [0.05, 0.1) is 10.6 Å². The highest BCUT2D eigenvalue weighted by Gasteiger charge is 2.35. The van der Waals surface area contributed by atoms with Gasteiger partial charge < -0.3 is 10.2 Å². The predicted octanol–water partition coefficient (Wildman–Crippen LogP) is 6.88. The summed E-state index contributed by atoms with van der Waals surface area (Å²) in [5, 5.41) is 3.68. The number of sulfonamides is 1. The second kappa shape index (κ2) is 15.4. The molecule has 45 heavy (non-hydrogen) atoms. The lowest BCUT2D eigenvalue weighted by atomic mass is 10.0. The van der Waals surface area contributed by atoms with Gasteiger partial charge >= 0.3 is 0 Å². The SMILES string of the molecule is CC[C@H](C)NC(=O)[C@@H](Cc1ccccc1)N(Cc1ccc(Cl)cc1Cl)C(=O)CN(c1ccccc1)S(=O)(=O)c1ccc(F)cc1. The zero-order valence-corrected chi connectivity index (χ0v) is 27.2. The van der Waals surface area contributed by atoms with Crippen molar-refractivity contribution in [3.63, 3.8) is 0 Å². The molecule has 0 saturated carbocycles. The average molecular weight is 671 g/mol. The molecule has 0 aliphatic heterocycles. The second-order valence-electron chi connectivity index (χ2n) is 10.6. The van der Waals surface area contributed by atoms with Crippen LogP contribution in [0.3, 0.4) is 0 Å². The summed E-state index contributed by atoms with van der Waals surface area (Å²) in [6, 6.07) is 25.4. The van der Waals surface area contributed by atoms with E-state index < -0.39 is 34.3 Å². The summed E-state index contributed by atoms with van der Waals surface area (Å²) >= 11 is 12.7. The Morgan fingerprint density at radius 3 is 2.11 bits per heavy atom. The summed E-state index contributed by atoms with van der Waals surface area (Å²) in [7, 11) is -4.34. The molecule has 0 saturated heterocycles. The third-order valence-corrected chi connectivity index (χ3v) is 9.73. The molecule has 0 spiro atoms. The number of hydrogen-bond donors (Lipinski definition) is 1. The zero-order chi connectivity index (χ0) is 32.6. The highest BCUT2D eigenvalue weighted by Crippen LogP contribution is 2.27. The number of nitrogens with one attached hydrogen (secondary N) is 1. The maximum absolute atomic E-state index is 14.4. The van der Waals surface area contributed by atoms with E-state index in [0.717, 1.165) is 34.1 Å². The van der Waals surface area contributed by atoms with Crippen molar-refractivity contribution in [3.05, 3.63) is 130 Å². The molecule has 7 nitrogen and oxygen atoms in total. The van der Waals surface area contributed by atoms with Crippen molar-refractivity contribution >= 4 is 50.7 Å². The maximum Gasteiger partial charge on any atom is 0.264 e. The van der Waals surface area contributed by atoms with Crippen LogP contribution in [0.4, 0.5) is 10.1 Å². The van der Waals surface area contributed by atoms with Gasteiger partial charge in [0.25, 0.3) is 10.0 Å². The molecule has 4 aromatic rings. The number of rotatable bonds is 13. The molecular formula is C34H34Cl2FN3O4S. The van der Waals surface area contributed by atoms with Crippen LogP contribution in [-0.4, -0.2) is 43.8 Å². The largest absolute Gasteiger partial charge is 0.352 e. The fourth-order valence-corrected chi connectivity index (χ4v) is 6.57. The van der Waals surface area contributed by atoms with Gasteiger partial charge in [0.1, 0.15) is 18.4 Å². The molecule has 11 heteroatoms. The van der Waals surface area contributed by atoms with Crippen LogP contribution in [0.5, 0.6) is 0 Å². The van der Waals surface area contributed by atoms with Crippen LogP contribution in [0, 0.1) is 5.82 Å². The Labute approximate surface area is 273 Å². The summed E-state index contributed by atoms with van der Waals surface area (Å²) in [6.07, 6.45) is 0.828. The van der Waals surface area contributed by atoms with Gasteiger partial charge in [0.15, 0.2) is 0 Å². The minimum Gasteiger partial charge on any atom is -0.352 e. The van der Waals surface area contributed by atoms with Crippen molar-refractivity contribution < 1.29 is 22.4 Å². The molecule has 2 atom stereocenters. The van der Waals surface area contributed by atoms with Crippen molar-refractivity contribution in [3.8, 4) is 0 Å². The first-order valence-corrected chi connectivity index (χ1v) is 16.6. The second-order valence-corrected chi connectivity index (χ2v) is 13.3. The average Bonchev–Trinajstić information content (AvgIpc) is 3.03. The number of hydrogen-bond acceptors (Lipinski definition) is 4. The quantitative estimate of drug-likeness (QED) is 0.168. The molecule has 0 heterocycles. The van der Waals surface area contributed by atoms with E-state index in [1.54, 1.807) is 48.5 Å². The van der Waals surface area contributed by atoms with Crippen molar-refractivity contribution in [2.24, 2.45) is 0 Å². The Balaban J connectivity index is 1.81. The van der Waals surface area contributed by atoms with Crippen molar-refractivity contribution in [1.82, 2.24) is 10.2 Å². The van der Waals surface area contributed by atoms with Gasteiger partial charge in [-0.1, -0.05) is 84.7 Å². The summed E-state index contributed by atoms with van der Waals surface area (Å²) in [4.78, 5) is 29.5. The predicted molar refractivity (Wildman–Crippen MR) is 176 cm³/mol. The fourth-order valence-electron chi connectivity index (χ4n) is 4.69. The van der Waals surface area contributed by atoms with Crippen LogP contribution >= 0.6 is 23.2 Å². The Kier molecular flexibility index (Phi) is 11.6. The van der Waals surface area contributed by atoms with Gasteiger partial charge in [0, 0.05) is 29.1 Å². The van der Waals surface area contributed by atoms with Crippen LogP contribution in [0.1, 0.15) is 31.4 Å². The monoisotopic (exact) mass is 669 g/mol. The Bertz CT molecular complexity index is 1710. The van der Waals surface area contributed by atoms with E-state index in [1.807, 2.05) is 44.2 Å². The topological polar surface area (TPSA) is 86.8 Å². The number of para-hydroxylation sites is 1. The molecule has 0 unspecified atom stereocenters. The zero-order valence-electron chi connectivity index (χ0n) is 24.9. The van der Waals surface area contributed by atoms with Gasteiger partial charge in [-0.05, 0) is 73.0 Å². The third-order valence-electron chi connectivity index (χ3n) is 7.35. The van der Waals surface area contributed by atoms with E-state index in [0.29, 0.717) is 22.0 Å². The number of halogens is 3. The highest BCUT2D eigenvalue weighted by molar-refractivity contribution is 7.92. The standard InChI is InChI=1S/C34H34Cl2FN3O4S/c1-3-24(2)38-34(42)32(20-25-10-6-4-7-11-25)39(22-26-14-15-27(35)21-31(26)36)33(41)23-40(29-12-8-5-9-13-29)45(43,44)30-18-16-28(37)17-19-30/h4-19,21,24,32H,3,20,22-23H2,1-2H3,(H,38,42)/t24-,32+/m0/s1. The summed E-state index contributed by atoms with van der Waals surface area (Å²) in [6.45, 7) is 3.06. The van der Waals surface area contributed by atoms with E-state index in [4.69, 9.17) is 23.2 Å². The molecule has 4 aromatic carbocycles. The molecule has 2 amide bonds. The van der Waals surface area contributed by atoms with E-state index in [1.165, 1.54) is 4.90 Å². The molecule has 0 aliphatic carbocycles. The Morgan fingerprint density at radius 2 is 1.51 bits per heavy atom. The van der Waals surface area contributed by atoms with E-state index in [-0.39, 0.29) is 35.5 Å². The molecule has 1 N–H and O–H groups in total. The number of carbonyl (C=O) groups excluding carboxylic acids is 2. The minimum absolute atomic E-state index is 0.0977. The van der Waals surface area contributed by atoms with Crippen LogP contribution in [0.15, 0.2) is 108 Å². The maximum atomic E-state index is 14.4. The van der Waals surface area contributed by atoms with Gasteiger partial charge in [-0.15, -0.1) is 0 Å². The third kappa shape index (κ3) is 8.84. The fraction of sp³-hybridized carbons (Fsp3) is 0.235. The van der Waals surface area contributed by atoms with Gasteiger partial charge in [0.2, 0.25) is 11.8 Å². The molecule has 0 aromatic heterocycles. The first kappa shape index (κ1) is 34.0. The first-order valence-electron chi connectivity index (χ1n) is 14.4. The minimum atomic E-state index is -4.34. The molecule has 0 radical (unpaired) electrons. The lowest BCUT2D eigenvalue weighted by molar-refractivity contribution is -0.140. The summed E-state index contributed by atoms with van der Waals surface area (Å²) in [5.41, 5.74) is 1.56. The first-order chi connectivity index (χ1) is 21.5. The number of nitrogens with zero attached hydrogens (tertiary/aromatic N) is 2. The normalized spacial score (nSPS) is 12.6. The number of amides is 2. The van der Waals surface area contributed by atoms with E-state index >= 15 is 0 Å². The lowest BCUT2D eigenvalue weighted by Crippen LogP contribution is -2.54. The number of benzene rings is 4. The Hall–Kier alpha value is -3.92. The van der Waals surface area contributed by atoms with Crippen molar-refractivity contribution in [2.75, 3.05) is 10.8 Å². The van der Waals surface area contributed by atoms with Crippen LogP contribution in [0.2, 0.25) is 10.0 Å². The molecular weight excluding hydrogens is 636 g/mol.